The zero-order valence-electron chi connectivity index (χ0n) is 15.2. The Morgan fingerprint density at radius 1 is 1.14 bits per heavy atom. The van der Waals surface area contributed by atoms with E-state index in [0.29, 0.717) is 18.2 Å². The number of carbonyl (C=O) groups excluding carboxylic acids is 1. The van der Waals surface area contributed by atoms with E-state index in [2.05, 4.69) is 16.6 Å². The third kappa shape index (κ3) is 3.89. The fourth-order valence-electron chi connectivity index (χ4n) is 3.50. The first-order valence-electron chi connectivity index (χ1n) is 8.87. The zero-order chi connectivity index (χ0) is 20.5. The number of rotatable bonds is 1. The Bertz CT molecular complexity index is 805. The van der Waals surface area contributed by atoms with Crippen molar-refractivity contribution in [3.63, 3.8) is 0 Å². The van der Waals surface area contributed by atoms with Crippen molar-refractivity contribution in [1.82, 2.24) is 14.7 Å². The van der Waals surface area contributed by atoms with Gasteiger partial charge in [0.25, 0.3) is 5.91 Å². The predicted molar refractivity (Wildman–Crippen MR) is 101 cm³/mol. The first-order chi connectivity index (χ1) is 13.2. The number of halogens is 4. The van der Waals surface area contributed by atoms with Crippen LogP contribution in [0.2, 0.25) is 5.02 Å². The number of amides is 1. The highest BCUT2D eigenvalue weighted by Crippen LogP contribution is 2.36. The van der Waals surface area contributed by atoms with Crippen LogP contribution in [0.1, 0.15) is 28.8 Å². The molecule has 0 aliphatic carbocycles. The second kappa shape index (κ2) is 7.90. The molecule has 0 saturated carbocycles. The Balaban J connectivity index is 1.75. The molecule has 10 heteroatoms. The Hall–Kier alpha value is -2.42. The molecule has 3 rings (SSSR count). The van der Waals surface area contributed by atoms with E-state index in [0.717, 1.165) is 32.0 Å². The molecule has 2 aliphatic rings. The fraction of sp³-hybridized carbons (Fsp3) is 0.444. The second-order valence-corrected chi connectivity index (χ2v) is 7.11. The van der Waals surface area contributed by atoms with Crippen LogP contribution in [0.15, 0.2) is 35.6 Å². The molecule has 0 spiro atoms. The van der Waals surface area contributed by atoms with E-state index in [1.165, 1.54) is 17.0 Å². The van der Waals surface area contributed by atoms with Crippen LogP contribution in [0, 0.1) is 0 Å². The van der Waals surface area contributed by atoms with Crippen molar-refractivity contribution in [3.05, 3.63) is 46.6 Å². The van der Waals surface area contributed by atoms with Gasteiger partial charge in [-0.3, -0.25) is 4.79 Å². The van der Waals surface area contributed by atoms with Gasteiger partial charge in [-0.2, -0.15) is 13.2 Å². The minimum atomic E-state index is -4.63. The number of hydrogen-bond acceptors (Lipinski definition) is 3. The average Bonchev–Trinajstić information content (AvgIpc) is 3.16. The monoisotopic (exact) mass is 415 g/mol. The van der Waals surface area contributed by atoms with Crippen LogP contribution in [0.5, 0.6) is 0 Å². The molecule has 1 aromatic rings. The molecule has 0 unspecified atom stereocenters. The highest BCUT2D eigenvalue weighted by atomic mass is 35.5. The molecule has 1 aromatic carbocycles. The highest BCUT2D eigenvalue weighted by molar-refractivity contribution is 6.34. The molecule has 0 atom stereocenters. The van der Waals surface area contributed by atoms with E-state index in [1.54, 1.807) is 0 Å². The summed E-state index contributed by atoms with van der Waals surface area (Å²) in [5.74, 6) is 5.61. The first kappa shape index (κ1) is 20.3. The SMILES string of the molecule is C=C1CN(C(=O)c2cccc(C(F)(F)F)c2Cl)CCN1/C(=N\N)N1CCCC1. The number of nitrogens with zero attached hydrogens (tertiary/aromatic N) is 4. The Labute approximate surface area is 166 Å². The standard InChI is InChI=1S/C18H21ClF3N5O/c1-12-11-26(9-10-27(12)17(24-23)25-7-2-3-8-25)16(28)13-5-4-6-14(15(13)19)18(20,21)22/h4-6H,1-3,7-11,23H2/b24-17-. The number of guanidine groups is 1. The van der Waals surface area contributed by atoms with Gasteiger partial charge in [0.1, 0.15) is 0 Å². The molecule has 0 aromatic heterocycles. The van der Waals surface area contributed by atoms with Crippen molar-refractivity contribution < 1.29 is 18.0 Å². The summed E-state index contributed by atoms with van der Waals surface area (Å²) in [6, 6.07) is 3.33. The van der Waals surface area contributed by atoms with Gasteiger partial charge in [-0.15, -0.1) is 5.10 Å². The summed E-state index contributed by atoms with van der Waals surface area (Å²) in [5, 5.41) is 3.29. The topological polar surface area (TPSA) is 65.2 Å². The number of carbonyl (C=O) groups is 1. The largest absolute Gasteiger partial charge is 0.417 e. The maximum atomic E-state index is 13.1. The lowest BCUT2D eigenvalue weighted by Gasteiger charge is -2.40. The molecule has 2 heterocycles. The molecule has 152 valence electrons. The number of hydrazone groups is 1. The maximum absolute atomic E-state index is 13.1. The van der Waals surface area contributed by atoms with Crippen molar-refractivity contribution >= 4 is 23.5 Å². The second-order valence-electron chi connectivity index (χ2n) is 6.73. The van der Waals surface area contributed by atoms with Crippen LogP contribution in [-0.2, 0) is 6.18 Å². The van der Waals surface area contributed by atoms with Crippen LogP contribution in [0.25, 0.3) is 0 Å². The molecule has 28 heavy (non-hydrogen) atoms. The molecule has 2 N–H and O–H groups in total. The van der Waals surface area contributed by atoms with Crippen LogP contribution in [-0.4, -0.2) is 59.3 Å². The lowest BCUT2D eigenvalue weighted by Crippen LogP contribution is -2.53. The minimum absolute atomic E-state index is 0.151. The van der Waals surface area contributed by atoms with Crippen LogP contribution in [0.3, 0.4) is 0 Å². The summed E-state index contributed by atoms with van der Waals surface area (Å²) in [5.41, 5.74) is -0.604. The number of hydrogen-bond donors (Lipinski definition) is 1. The molecule has 0 radical (unpaired) electrons. The number of likely N-dealkylation sites (tertiary alicyclic amines) is 1. The van der Waals surface area contributed by atoms with Gasteiger partial charge < -0.3 is 20.5 Å². The van der Waals surface area contributed by atoms with E-state index < -0.39 is 22.7 Å². The van der Waals surface area contributed by atoms with Crippen LogP contribution >= 0.6 is 11.6 Å². The van der Waals surface area contributed by atoms with E-state index in [1.807, 2.05) is 4.90 Å². The number of benzene rings is 1. The predicted octanol–water partition coefficient (Wildman–Crippen LogP) is 2.96. The molecule has 2 fully saturated rings. The van der Waals surface area contributed by atoms with Crippen LogP contribution < -0.4 is 5.84 Å². The van der Waals surface area contributed by atoms with Gasteiger partial charge in [0, 0.05) is 31.9 Å². The normalized spacial score (nSPS) is 18.8. The van der Waals surface area contributed by atoms with E-state index in [-0.39, 0.29) is 18.7 Å². The van der Waals surface area contributed by atoms with E-state index >= 15 is 0 Å². The van der Waals surface area contributed by atoms with Gasteiger partial charge in [-0.05, 0) is 25.0 Å². The van der Waals surface area contributed by atoms with Gasteiger partial charge in [-0.1, -0.05) is 24.2 Å². The number of alkyl halides is 3. The van der Waals surface area contributed by atoms with E-state index in [9.17, 15) is 18.0 Å². The molecular formula is C18H21ClF3N5O. The molecule has 0 bridgehead atoms. The highest BCUT2D eigenvalue weighted by Gasteiger charge is 2.36. The van der Waals surface area contributed by atoms with Gasteiger partial charge in [0.05, 0.1) is 22.7 Å². The summed E-state index contributed by atoms with van der Waals surface area (Å²) in [4.78, 5) is 18.1. The maximum Gasteiger partial charge on any atom is 0.417 e. The van der Waals surface area contributed by atoms with Gasteiger partial charge in [0.2, 0.25) is 5.96 Å². The van der Waals surface area contributed by atoms with Gasteiger partial charge in [-0.25, -0.2) is 0 Å². The molecule has 1 amide bonds. The van der Waals surface area contributed by atoms with E-state index in [4.69, 9.17) is 17.4 Å². The average molecular weight is 416 g/mol. The lowest BCUT2D eigenvalue weighted by atomic mass is 10.1. The smallest absolute Gasteiger partial charge is 0.341 e. The van der Waals surface area contributed by atoms with Crippen molar-refractivity contribution in [2.75, 3.05) is 32.7 Å². The lowest BCUT2D eigenvalue weighted by molar-refractivity contribution is -0.137. The first-order valence-corrected chi connectivity index (χ1v) is 9.25. The quantitative estimate of drug-likeness (QED) is 0.331. The zero-order valence-corrected chi connectivity index (χ0v) is 15.9. The third-order valence-electron chi connectivity index (χ3n) is 4.92. The Kier molecular flexibility index (Phi) is 5.74. The summed E-state index contributed by atoms with van der Waals surface area (Å²) in [7, 11) is 0. The molecule has 6 nitrogen and oxygen atoms in total. The number of piperazine rings is 1. The Morgan fingerprint density at radius 3 is 2.39 bits per heavy atom. The third-order valence-corrected chi connectivity index (χ3v) is 5.32. The summed E-state index contributed by atoms with van der Waals surface area (Å²) < 4.78 is 39.2. The van der Waals surface area contributed by atoms with Crippen molar-refractivity contribution in [1.29, 1.82) is 0 Å². The summed E-state index contributed by atoms with van der Waals surface area (Å²) >= 11 is 5.89. The van der Waals surface area contributed by atoms with Crippen LogP contribution in [0.4, 0.5) is 13.2 Å². The Morgan fingerprint density at radius 2 is 1.82 bits per heavy atom. The number of nitrogens with two attached hydrogens (primary N) is 1. The summed E-state index contributed by atoms with van der Waals surface area (Å²) in [6.45, 7) is 6.53. The summed E-state index contributed by atoms with van der Waals surface area (Å²) in [6.07, 6.45) is -2.52. The fourth-order valence-corrected chi connectivity index (χ4v) is 3.82. The molecular weight excluding hydrogens is 395 g/mol. The van der Waals surface area contributed by atoms with Crippen molar-refractivity contribution in [2.24, 2.45) is 10.9 Å². The molecule has 2 aliphatic heterocycles. The van der Waals surface area contributed by atoms with Crippen molar-refractivity contribution in [3.8, 4) is 0 Å². The van der Waals surface area contributed by atoms with Gasteiger partial charge >= 0.3 is 6.18 Å². The van der Waals surface area contributed by atoms with Crippen molar-refractivity contribution in [2.45, 2.75) is 19.0 Å². The van der Waals surface area contributed by atoms with Gasteiger partial charge in [0.15, 0.2) is 0 Å². The molecule has 2 saturated heterocycles. The minimum Gasteiger partial charge on any atom is -0.341 e.